The smallest absolute Gasteiger partial charge is 0.0378 e. The number of hydrogen-bond acceptors (Lipinski definition) is 2. The number of nitrogens with one attached hydrogen (secondary N) is 2. The molecule has 0 amide bonds. The van der Waals surface area contributed by atoms with E-state index in [2.05, 4.69) is 59.2 Å². The lowest BCUT2D eigenvalue weighted by atomic mass is 9.77. The van der Waals surface area contributed by atoms with Gasteiger partial charge in [-0.25, -0.2) is 0 Å². The van der Waals surface area contributed by atoms with E-state index in [1.165, 1.54) is 28.9 Å². The molecular weight excluding hydrogens is 244 g/mol. The molecule has 2 heteroatoms. The molecule has 5 rings (SSSR count). The molecule has 2 aromatic rings. The molecule has 100 valence electrons. The molecule has 2 aromatic carbocycles. The lowest BCUT2D eigenvalue weighted by Gasteiger charge is -2.32. The summed E-state index contributed by atoms with van der Waals surface area (Å²) in [7, 11) is 0. The zero-order valence-electron chi connectivity index (χ0n) is 11.3. The van der Waals surface area contributed by atoms with Crippen molar-refractivity contribution in [2.75, 3.05) is 17.2 Å². The Morgan fingerprint density at radius 3 is 2.50 bits per heavy atom. The van der Waals surface area contributed by atoms with Crippen LogP contribution in [-0.2, 0) is 0 Å². The summed E-state index contributed by atoms with van der Waals surface area (Å²) >= 11 is 0. The normalized spacial score (nSPS) is 32.4. The Hall–Kier alpha value is -1.96. The van der Waals surface area contributed by atoms with Gasteiger partial charge in [-0.2, -0.15) is 0 Å². The van der Waals surface area contributed by atoms with Gasteiger partial charge in [-0.1, -0.05) is 36.4 Å². The highest BCUT2D eigenvalue weighted by Gasteiger charge is 2.49. The SMILES string of the molecule is c1ccc2c(c1)NC[C@H]1[C@H]2[C@H]2C[C@@H]1Nc1ccccc12. The lowest BCUT2D eigenvalue weighted by molar-refractivity contribution is 0.459. The van der Waals surface area contributed by atoms with Gasteiger partial charge < -0.3 is 10.6 Å². The van der Waals surface area contributed by atoms with E-state index in [0.29, 0.717) is 23.8 Å². The van der Waals surface area contributed by atoms with Crippen LogP contribution in [0.25, 0.3) is 0 Å². The van der Waals surface area contributed by atoms with E-state index in [0.717, 1.165) is 6.54 Å². The van der Waals surface area contributed by atoms with E-state index in [1.54, 1.807) is 0 Å². The molecule has 20 heavy (non-hydrogen) atoms. The zero-order chi connectivity index (χ0) is 13.1. The van der Waals surface area contributed by atoms with E-state index in [1.807, 2.05) is 0 Å². The van der Waals surface area contributed by atoms with Crippen molar-refractivity contribution in [3.63, 3.8) is 0 Å². The molecule has 2 nitrogen and oxygen atoms in total. The first-order chi connectivity index (χ1) is 9.92. The summed E-state index contributed by atoms with van der Waals surface area (Å²) in [5, 5.41) is 7.41. The second-order valence-corrected chi connectivity index (χ2v) is 6.34. The van der Waals surface area contributed by atoms with E-state index in [-0.39, 0.29) is 0 Å². The topological polar surface area (TPSA) is 24.1 Å². The van der Waals surface area contributed by atoms with Crippen LogP contribution >= 0.6 is 0 Å². The van der Waals surface area contributed by atoms with Crippen LogP contribution in [0.15, 0.2) is 48.5 Å². The molecular formula is C18H18N2. The molecule has 2 bridgehead atoms. The molecule has 4 atom stereocenters. The Bertz CT molecular complexity index is 679. The number of para-hydroxylation sites is 2. The highest BCUT2D eigenvalue weighted by Crippen LogP contribution is 2.57. The Kier molecular flexibility index (Phi) is 2.04. The van der Waals surface area contributed by atoms with Gasteiger partial charge in [0.05, 0.1) is 0 Å². The van der Waals surface area contributed by atoms with Gasteiger partial charge in [0.1, 0.15) is 0 Å². The predicted molar refractivity (Wildman–Crippen MR) is 82.4 cm³/mol. The van der Waals surface area contributed by atoms with Gasteiger partial charge in [0, 0.05) is 29.9 Å². The molecule has 0 saturated heterocycles. The highest BCUT2D eigenvalue weighted by atomic mass is 15.0. The van der Waals surface area contributed by atoms with Crippen molar-refractivity contribution in [2.45, 2.75) is 24.3 Å². The van der Waals surface area contributed by atoms with Gasteiger partial charge >= 0.3 is 0 Å². The third-order valence-corrected chi connectivity index (χ3v) is 5.47. The molecule has 1 aliphatic carbocycles. The quantitative estimate of drug-likeness (QED) is 0.754. The molecule has 2 heterocycles. The summed E-state index contributed by atoms with van der Waals surface area (Å²) in [4.78, 5) is 0. The summed E-state index contributed by atoms with van der Waals surface area (Å²) in [6.07, 6.45) is 1.28. The highest BCUT2D eigenvalue weighted by molar-refractivity contribution is 5.63. The van der Waals surface area contributed by atoms with Gasteiger partial charge in [0.25, 0.3) is 0 Å². The summed E-state index contributed by atoms with van der Waals surface area (Å²) < 4.78 is 0. The van der Waals surface area contributed by atoms with Crippen molar-refractivity contribution in [1.82, 2.24) is 0 Å². The van der Waals surface area contributed by atoms with Crippen molar-refractivity contribution >= 4 is 11.4 Å². The van der Waals surface area contributed by atoms with Crippen molar-refractivity contribution in [3.8, 4) is 0 Å². The monoisotopic (exact) mass is 262 g/mol. The fourth-order valence-electron chi connectivity index (χ4n) is 4.67. The molecule has 0 spiro atoms. The number of benzene rings is 2. The van der Waals surface area contributed by atoms with Crippen molar-refractivity contribution in [3.05, 3.63) is 59.7 Å². The first kappa shape index (κ1) is 10.8. The number of rotatable bonds is 0. The molecule has 2 N–H and O–H groups in total. The van der Waals surface area contributed by atoms with Gasteiger partial charge in [-0.15, -0.1) is 0 Å². The van der Waals surface area contributed by atoms with Crippen LogP contribution in [0, 0.1) is 5.92 Å². The molecule has 2 aliphatic heterocycles. The Morgan fingerprint density at radius 2 is 1.60 bits per heavy atom. The van der Waals surface area contributed by atoms with E-state index in [4.69, 9.17) is 0 Å². The predicted octanol–water partition coefficient (Wildman–Crippen LogP) is 3.79. The molecule has 1 fully saturated rings. The molecule has 0 radical (unpaired) electrons. The van der Waals surface area contributed by atoms with Crippen LogP contribution in [0.5, 0.6) is 0 Å². The van der Waals surface area contributed by atoms with Gasteiger partial charge in [-0.3, -0.25) is 0 Å². The number of fused-ring (bicyclic) bond motifs is 9. The minimum absolute atomic E-state index is 0.626. The minimum atomic E-state index is 0.626. The maximum Gasteiger partial charge on any atom is 0.0378 e. The summed E-state index contributed by atoms with van der Waals surface area (Å²) in [5.74, 6) is 2.07. The van der Waals surface area contributed by atoms with Crippen molar-refractivity contribution in [2.24, 2.45) is 5.92 Å². The Labute approximate surface area is 119 Å². The first-order valence-electron chi connectivity index (χ1n) is 7.60. The third-order valence-electron chi connectivity index (χ3n) is 5.47. The average molecular weight is 262 g/mol. The summed E-state index contributed by atoms with van der Waals surface area (Å²) in [5.41, 5.74) is 5.75. The van der Waals surface area contributed by atoms with Gasteiger partial charge in [-0.05, 0) is 41.5 Å². The van der Waals surface area contributed by atoms with E-state index < -0.39 is 0 Å². The number of hydrogen-bond donors (Lipinski definition) is 2. The molecule has 3 aliphatic rings. The van der Waals surface area contributed by atoms with E-state index >= 15 is 0 Å². The molecule has 0 aromatic heterocycles. The summed E-state index contributed by atoms with van der Waals surface area (Å²) in [6.45, 7) is 1.10. The summed E-state index contributed by atoms with van der Waals surface area (Å²) in [6, 6.07) is 18.4. The standard InChI is InChI=1S/C18H18N2/c1-4-8-16-11(5-1)13-9-17(20-16)14-10-19-15-7-3-2-6-12(15)18(13)14/h1-8,13-14,17-20H,9-10H2/t13-,14+,17-,18+/m0/s1. The second kappa shape index (κ2) is 3.78. The fraction of sp³-hybridized carbons (Fsp3) is 0.333. The van der Waals surface area contributed by atoms with Crippen LogP contribution in [-0.4, -0.2) is 12.6 Å². The van der Waals surface area contributed by atoms with Crippen molar-refractivity contribution < 1.29 is 0 Å². The largest absolute Gasteiger partial charge is 0.384 e. The third kappa shape index (κ3) is 1.29. The van der Waals surface area contributed by atoms with E-state index in [9.17, 15) is 0 Å². The Balaban J connectivity index is 1.69. The number of anilines is 2. The average Bonchev–Trinajstić information content (AvgIpc) is 2.82. The first-order valence-corrected chi connectivity index (χ1v) is 7.60. The maximum absolute atomic E-state index is 3.78. The van der Waals surface area contributed by atoms with Crippen LogP contribution < -0.4 is 10.6 Å². The Morgan fingerprint density at radius 1 is 0.850 bits per heavy atom. The van der Waals surface area contributed by atoms with Crippen LogP contribution in [0.3, 0.4) is 0 Å². The van der Waals surface area contributed by atoms with Crippen molar-refractivity contribution in [1.29, 1.82) is 0 Å². The van der Waals surface area contributed by atoms with Crippen LogP contribution in [0.4, 0.5) is 11.4 Å². The minimum Gasteiger partial charge on any atom is -0.384 e. The second-order valence-electron chi connectivity index (χ2n) is 6.34. The fourth-order valence-corrected chi connectivity index (χ4v) is 4.67. The van der Waals surface area contributed by atoms with Gasteiger partial charge in [0.2, 0.25) is 0 Å². The maximum atomic E-state index is 3.78. The van der Waals surface area contributed by atoms with Gasteiger partial charge in [0.15, 0.2) is 0 Å². The zero-order valence-corrected chi connectivity index (χ0v) is 11.3. The molecule has 1 saturated carbocycles. The lowest BCUT2D eigenvalue weighted by Crippen LogP contribution is -2.34. The van der Waals surface area contributed by atoms with Crippen LogP contribution in [0.2, 0.25) is 0 Å². The molecule has 0 unspecified atom stereocenters. The van der Waals surface area contributed by atoms with Crippen LogP contribution in [0.1, 0.15) is 29.4 Å².